The first-order chi connectivity index (χ1) is 8.90. The molecule has 0 atom stereocenters. The summed E-state index contributed by atoms with van der Waals surface area (Å²) in [5, 5.41) is 20.3. The van der Waals surface area contributed by atoms with Gasteiger partial charge in [0.25, 0.3) is 0 Å². The van der Waals surface area contributed by atoms with E-state index in [2.05, 4.69) is 0 Å². The fourth-order valence-electron chi connectivity index (χ4n) is 3.27. The number of aryl methyl sites for hydroxylation is 2. The Hall–Kier alpha value is -1.22. The largest absolute Gasteiger partial charge is 0.506 e. The lowest BCUT2D eigenvalue weighted by Crippen LogP contribution is -2.38. The van der Waals surface area contributed by atoms with Crippen LogP contribution in [0.2, 0.25) is 5.02 Å². The van der Waals surface area contributed by atoms with E-state index in [1.807, 2.05) is 19.9 Å². The molecular formula is C15H19ClO3. The molecule has 0 spiro atoms. The summed E-state index contributed by atoms with van der Waals surface area (Å²) in [7, 11) is 0. The average molecular weight is 283 g/mol. The third kappa shape index (κ3) is 2.20. The SMILES string of the molecule is Cc1cc(C)c(C2(C(=O)O)CCCCC2)c(O)c1Cl. The van der Waals surface area contributed by atoms with Gasteiger partial charge in [0.05, 0.1) is 10.4 Å². The van der Waals surface area contributed by atoms with Crippen molar-refractivity contribution < 1.29 is 15.0 Å². The lowest BCUT2D eigenvalue weighted by molar-refractivity contribution is -0.145. The average Bonchev–Trinajstić information content (AvgIpc) is 2.37. The van der Waals surface area contributed by atoms with Crippen molar-refractivity contribution >= 4 is 17.6 Å². The van der Waals surface area contributed by atoms with Crippen molar-refractivity contribution in [2.24, 2.45) is 0 Å². The predicted octanol–water partition coefficient (Wildman–Crippen LogP) is 3.95. The van der Waals surface area contributed by atoms with Gasteiger partial charge in [0.2, 0.25) is 0 Å². The number of halogens is 1. The van der Waals surface area contributed by atoms with Crippen LogP contribution in [0.25, 0.3) is 0 Å². The Bertz CT molecular complexity index is 517. The summed E-state index contributed by atoms with van der Waals surface area (Å²) in [5.41, 5.74) is 1.11. The van der Waals surface area contributed by atoms with Gasteiger partial charge in [-0.15, -0.1) is 0 Å². The van der Waals surface area contributed by atoms with Gasteiger partial charge >= 0.3 is 5.97 Å². The number of carbonyl (C=O) groups is 1. The molecule has 4 heteroatoms. The normalized spacial score (nSPS) is 18.3. The molecule has 0 radical (unpaired) electrons. The topological polar surface area (TPSA) is 57.5 Å². The number of carboxylic acids is 1. The molecule has 3 nitrogen and oxygen atoms in total. The standard InChI is InChI=1S/C15H19ClO3/c1-9-8-10(2)12(16)13(17)11(9)15(14(18)19)6-4-3-5-7-15/h8,17H,3-7H2,1-2H3,(H,18,19). The fourth-order valence-corrected chi connectivity index (χ4v) is 3.42. The smallest absolute Gasteiger partial charge is 0.314 e. The van der Waals surface area contributed by atoms with Crippen molar-refractivity contribution in [3.05, 3.63) is 27.8 Å². The van der Waals surface area contributed by atoms with E-state index in [-0.39, 0.29) is 10.8 Å². The number of phenols is 1. The lowest BCUT2D eigenvalue weighted by atomic mass is 9.67. The number of carboxylic acid groups (broad SMARTS) is 1. The summed E-state index contributed by atoms with van der Waals surface area (Å²) in [6.07, 6.45) is 3.92. The summed E-state index contributed by atoms with van der Waals surface area (Å²) >= 11 is 6.10. The first-order valence-electron chi connectivity index (χ1n) is 6.62. The van der Waals surface area contributed by atoms with Gasteiger partial charge in [0.15, 0.2) is 0 Å². The highest BCUT2D eigenvalue weighted by Gasteiger charge is 2.44. The van der Waals surface area contributed by atoms with Crippen LogP contribution in [0.1, 0.15) is 48.8 Å². The quantitative estimate of drug-likeness (QED) is 0.863. The van der Waals surface area contributed by atoms with Crippen molar-refractivity contribution in [2.45, 2.75) is 51.4 Å². The maximum Gasteiger partial charge on any atom is 0.314 e. The maximum absolute atomic E-state index is 11.8. The summed E-state index contributed by atoms with van der Waals surface area (Å²) in [6, 6.07) is 1.86. The molecule has 1 aromatic rings. The molecular weight excluding hydrogens is 264 g/mol. The van der Waals surface area contributed by atoms with Crippen LogP contribution >= 0.6 is 11.6 Å². The molecule has 0 saturated heterocycles. The second kappa shape index (κ2) is 5.04. The lowest BCUT2D eigenvalue weighted by Gasteiger charge is -2.35. The van der Waals surface area contributed by atoms with Gasteiger partial charge in [0, 0.05) is 5.56 Å². The van der Waals surface area contributed by atoms with Crippen LogP contribution in [-0.4, -0.2) is 16.2 Å². The van der Waals surface area contributed by atoms with Gasteiger partial charge in [-0.05, 0) is 37.8 Å². The van der Waals surface area contributed by atoms with Crippen LogP contribution < -0.4 is 0 Å². The second-order valence-electron chi connectivity index (χ2n) is 5.50. The third-order valence-corrected chi connectivity index (χ3v) is 4.69. The maximum atomic E-state index is 11.8. The number of benzene rings is 1. The molecule has 0 aromatic heterocycles. The molecule has 1 aliphatic carbocycles. The van der Waals surface area contributed by atoms with E-state index in [1.165, 1.54) is 0 Å². The molecule has 0 aliphatic heterocycles. The Kier molecular flexibility index (Phi) is 3.77. The van der Waals surface area contributed by atoms with Crippen molar-refractivity contribution in [1.29, 1.82) is 0 Å². The van der Waals surface area contributed by atoms with Gasteiger partial charge in [-0.25, -0.2) is 0 Å². The summed E-state index contributed by atoms with van der Waals surface area (Å²) < 4.78 is 0. The van der Waals surface area contributed by atoms with Gasteiger partial charge < -0.3 is 10.2 Å². The van der Waals surface area contributed by atoms with E-state index >= 15 is 0 Å². The van der Waals surface area contributed by atoms with Crippen LogP contribution in [0.15, 0.2) is 6.07 Å². The molecule has 104 valence electrons. The van der Waals surface area contributed by atoms with Crippen LogP contribution in [0.3, 0.4) is 0 Å². The van der Waals surface area contributed by atoms with Gasteiger partial charge in [-0.3, -0.25) is 4.79 Å². The molecule has 1 fully saturated rings. The zero-order valence-electron chi connectivity index (χ0n) is 11.3. The zero-order valence-corrected chi connectivity index (χ0v) is 12.0. The Morgan fingerprint density at radius 2 is 1.79 bits per heavy atom. The molecule has 1 aromatic carbocycles. The minimum atomic E-state index is -0.982. The van der Waals surface area contributed by atoms with Crippen LogP contribution in [-0.2, 0) is 10.2 Å². The number of phenolic OH excluding ortho intramolecular Hbond substituents is 1. The van der Waals surface area contributed by atoms with Crippen molar-refractivity contribution in [1.82, 2.24) is 0 Å². The highest BCUT2D eigenvalue weighted by molar-refractivity contribution is 6.33. The molecule has 0 heterocycles. The Morgan fingerprint density at radius 3 is 2.32 bits per heavy atom. The summed E-state index contributed by atoms with van der Waals surface area (Å²) in [6.45, 7) is 3.66. The van der Waals surface area contributed by atoms with E-state index in [9.17, 15) is 15.0 Å². The van der Waals surface area contributed by atoms with Gasteiger partial charge in [0.1, 0.15) is 5.75 Å². The number of aromatic hydroxyl groups is 1. The fraction of sp³-hybridized carbons (Fsp3) is 0.533. The summed E-state index contributed by atoms with van der Waals surface area (Å²) in [4.78, 5) is 11.8. The second-order valence-corrected chi connectivity index (χ2v) is 5.87. The Balaban J connectivity index is 2.67. The first kappa shape index (κ1) is 14.2. The first-order valence-corrected chi connectivity index (χ1v) is 7.00. The van der Waals surface area contributed by atoms with Crippen molar-refractivity contribution in [3.63, 3.8) is 0 Å². The Morgan fingerprint density at radius 1 is 1.21 bits per heavy atom. The molecule has 19 heavy (non-hydrogen) atoms. The summed E-state index contributed by atoms with van der Waals surface area (Å²) in [5.74, 6) is -0.908. The van der Waals surface area contributed by atoms with E-state index in [0.717, 1.165) is 30.4 Å². The molecule has 0 amide bonds. The zero-order chi connectivity index (χ0) is 14.2. The van der Waals surface area contributed by atoms with Crippen molar-refractivity contribution in [2.75, 3.05) is 0 Å². The molecule has 1 saturated carbocycles. The van der Waals surface area contributed by atoms with Gasteiger partial charge in [-0.2, -0.15) is 0 Å². The van der Waals surface area contributed by atoms with E-state index in [4.69, 9.17) is 11.6 Å². The number of hydrogen-bond donors (Lipinski definition) is 2. The van der Waals surface area contributed by atoms with E-state index < -0.39 is 11.4 Å². The molecule has 0 unspecified atom stereocenters. The van der Waals surface area contributed by atoms with Gasteiger partial charge in [-0.1, -0.05) is 36.9 Å². The number of hydrogen-bond acceptors (Lipinski definition) is 2. The van der Waals surface area contributed by atoms with Crippen molar-refractivity contribution in [3.8, 4) is 5.75 Å². The molecule has 1 aliphatic rings. The minimum Gasteiger partial charge on any atom is -0.506 e. The van der Waals surface area contributed by atoms with E-state index in [1.54, 1.807) is 0 Å². The Labute approximate surface area is 118 Å². The minimum absolute atomic E-state index is 0.0523. The highest BCUT2D eigenvalue weighted by Crippen LogP contribution is 2.47. The molecule has 0 bridgehead atoms. The van der Waals surface area contributed by atoms with E-state index in [0.29, 0.717) is 18.4 Å². The highest BCUT2D eigenvalue weighted by atomic mass is 35.5. The predicted molar refractivity (Wildman–Crippen MR) is 75.0 cm³/mol. The molecule has 2 rings (SSSR count). The molecule has 2 N–H and O–H groups in total. The van der Waals surface area contributed by atoms with Crippen LogP contribution in [0.4, 0.5) is 0 Å². The van der Waals surface area contributed by atoms with Crippen LogP contribution in [0.5, 0.6) is 5.75 Å². The number of rotatable bonds is 2. The number of aliphatic carboxylic acids is 1. The third-order valence-electron chi connectivity index (χ3n) is 4.21. The van der Waals surface area contributed by atoms with Crippen LogP contribution in [0, 0.1) is 13.8 Å². The monoisotopic (exact) mass is 282 g/mol.